The van der Waals surface area contributed by atoms with Crippen LogP contribution >= 0.6 is 0 Å². The van der Waals surface area contributed by atoms with Crippen LogP contribution in [0.1, 0.15) is 0 Å². The quantitative estimate of drug-likeness (QED) is 0.655. The number of benzene rings is 2. The molecule has 0 fully saturated rings. The van der Waals surface area contributed by atoms with E-state index in [1.54, 1.807) is 24.3 Å². The Bertz CT molecular complexity index is 512. The lowest BCUT2D eigenvalue weighted by Crippen LogP contribution is -2.15. The van der Waals surface area contributed by atoms with Gasteiger partial charge in [0.25, 0.3) is 0 Å². The highest BCUT2D eigenvalue weighted by molar-refractivity contribution is 5.50. The van der Waals surface area contributed by atoms with Crippen molar-refractivity contribution < 1.29 is 10.0 Å². The highest BCUT2D eigenvalue weighted by Gasteiger charge is 2.00. The van der Waals surface area contributed by atoms with Gasteiger partial charge in [0.05, 0.1) is 24.2 Å². The van der Waals surface area contributed by atoms with Crippen molar-refractivity contribution in [1.82, 2.24) is 0 Å². The van der Waals surface area contributed by atoms with Gasteiger partial charge in [-0.2, -0.15) is 10.2 Å². The summed E-state index contributed by atoms with van der Waals surface area (Å²) < 4.78 is 0. The van der Waals surface area contributed by atoms with Crippen LogP contribution in [-0.4, -0.2) is 12.3 Å². The monoisotopic (exact) mass is 243 g/mol. The van der Waals surface area contributed by atoms with E-state index in [4.69, 9.17) is 0 Å². The van der Waals surface area contributed by atoms with Gasteiger partial charge in [-0.1, -0.05) is 18.2 Å². The van der Waals surface area contributed by atoms with Gasteiger partial charge in [-0.15, -0.1) is 5.23 Å². The summed E-state index contributed by atoms with van der Waals surface area (Å²) in [5, 5.41) is 18.1. The first-order chi connectivity index (χ1) is 8.79. The van der Waals surface area contributed by atoms with Crippen LogP contribution in [-0.2, 0) is 4.84 Å². The maximum absolute atomic E-state index is 9.29. The zero-order valence-electron chi connectivity index (χ0n) is 9.89. The molecule has 0 radical (unpaired) electrons. The highest BCUT2D eigenvalue weighted by atomic mass is 16.9. The molecule has 5 nitrogen and oxygen atoms in total. The fourth-order valence-electron chi connectivity index (χ4n) is 1.36. The molecule has 2 rings (SSSR count). The Labute approximate surface area is 105 Å². The average Bonchev–Trinajstić information content (AvgIpc) is 2.46. The van der Waals surface area contributed by atoms with Crippen molar-refractivity contribution in [1.29, 1.82) is 0 Å². The van der Waals surface area contributed by atoms with E-state index >= 15 is 0 Å². The molecule has 0 heterocycles. The molecular formula is C13H13N3O2. The van der Waals surface area contributed by atoms with Gasteiger partial charge in [0.15, 0.2) is 0 Å². The van der Waals surface area contributed by atoms with Crippen molar-refractivity contribution in [3.8, 4) is 0 Å². The normalized spacial score (nSPS) is 10.8. The summed E-state index contributed by atoms with van der Waals surface area (Å²) in [7, 11) is 1.38. The Morgan fingerprint density at radius 2 is 1.44 bits per heavy atom. The SMILES string of the molecule is CON(O)c1ccc(N=Nc2ccccc2)cc1. The first-order valence-electron chi connectivity index (χ1n) is 5.39. The van der Waals surface area contributed by atoms with Crippen molar-refractivity contribution in [3.05, 3.63) is 54.6 Å². The van der Waals surface area contributed by atoms with Crippen molar-refractivity contribution >= 4 is 17.1 Å². The number of rotatable bonds is 4. The van der Waals surface area contributed by atoms with E-state index in [2.05, 4.69) is 15.1 Å². The third-order valence-electron chi connectivity index (χ3n) is 2.28. The fourth-order valence-corrected chi connectivity index (χ4v) is 1.36. The molecule has 2 aromatic carbocycles. The topological polar surface area (TPSA) is 57.4 Å². The van der Waals surface area contributed by atoms with E-state index in [0.29, 0.717) is 16.6 Å². The van der Waals surface area contributed by atoms with Gasteiger partial charge in [-0.3, -0.25) is 10.0 Å². The van der Waals surface area contributed by atoms with E-state index in [-0.39, 0.29) is 0 Å². The molecule has 18 heavy (non-hydrogen) atoms. The molecule has 2 aromatic rings. The fraction of sp³-hybridized carbons (Fsp3) is 0.0769. The minimum atomic E-state index is 0.524. The van der Waals surface area contributed by atoms with Crippen LogP contribution in [0.2, 0.25) is 0 Å². The summed E-state index contributed by atoms with van der Waals surface area (Å²) in [6.07, 6.45) is 0. The summed E-state index contributed by atoms with van der Waals surface area (Å²) in [5.41, 5.74) is 2.02. The van der Waals surface area contributed by atoms with E-state index < -0.39 is 0 Å². The molecule has 0 amide bonds. The second-order valence-corrected chi connectivity index (χ2v) is 3.51. The zero-order chi connectivity index (χ0) is 12.8. The molecule has 5 heteroatoms. The third kappa shape index (κ3) is 3.13. The van der Waals surface area contributed by atoms with Crippen LogP contribution in [0.3, 0.4) is 0 Å². The van der Waals surface area contributed by atoms with E-state index in [0.717, 1.165) is 5.69 Å². The van der Waals surface area contributed by atoms with Crippen LogP contribution in [0.4, 0.5) is 17.1 Å². The molecule has 0 aliphatic carbocycles. The van der Waals surface area contributed by atoms with E-state index in [1.165, 1.54) is 7.11 Å². The Balaban J connectivity index is 2.09. The summed E-state index contributed by atoms with van der Waals surface area (Å²) in [5.74, 6) is 0. The number of anilines is 1. The summed E-state index contributed by atoms with van der Waals surface area (Å²) in [6, 6.07) is 16.3. The maximum atomic E-state index is 9.29. The number of nitrogens with zero attached hydrogens (tertiary/aromatic N) is 3. The molecule has 0 saturated heterocycles. The Morgan fingerprint density at radius 1 is 0.889 bits per heavy atom. The molecule has 0 aromatic heterocycles. The molecular weight excluding hydrogens is 230 g/mol. The summed E-state index contributed by atoms with van der Waals surface area (Å²) in [6.45, 7) is 0. The predicted octanol–water partition coefficient (Wildman–Crippen LogP) is 3.86. The Hall–Kier alpha value is -2.24. The first kappa shape index (κ1) is 12.2. The largest absolute Gasteiger partial charge is 0.264 e. The third-order valence-corrected chi connectivity index (χ3v) is 2.28. The van der Waals surface area contributed by atoms with E-state index in [9.17, 15) is 5.21 Å². The Kier molecular flexibility index (Phi) is 4.01. The van der Waals surface area contributed by atoms with Crippen LogP contribution in [0.25, 0.3) is 0 Å². The lowest BCUT2D eigenvalue weighted by molar-refractivity contribution is -0.0109. The van der Waals surface area contributed by atoms with Crippen LogP contribution < -0.4 is 5.23 Å². The Morgan fingerprint density at radius 3 is 2.00 bits per heavy atom. The van der Waals surface area contributed by atoms with Crippen LogP contribution in [0.15, 0.2) is 64.8 Å². The van der Waals surface area contributed by atoms with Gasteiger partial charge in [0.1, 0.15) is 0 Å². The second-order valence-electron chi connectivity index (χ2n) is 3.51. The summed E-state index contributed by atoms with van der Waals surface area (Å²) in [4.78, 5) is 4.64. The highest BCUT2D eigenvalue weighted by Crippen LogP contribution is 2.21. The zero-order valence-corrected chi connectivity index (χ0v) is 9.89. The molecule has 0 atom stereocenters. The standard InChI is InChI=1S/C13H13N3O2/c1-18-16(17)13-9-7-12(8-10-13)15-14-11-5-3-2-4-6-11/h2-10,17H,1H3. The van der Waals surface area contributed by atoms with Gasteiger partial charge in [0.2, 0.25) is 0 Å². The van der Waals surface area contributed by atoms with Gasteiger partial charge in [0, 0.05) is 0 Å². The van der Waals surface area contributed by atoms with Crippen LogP contribution in [0.5, 0.6) is 0 Å². The molecule has 1 N–H and O–H groups in total. The minimum absolute atomic E-state index is 0.524. The van der Waals surface area contributed by atoms with E-state index in [1.807, 2.05) is 30.3 Å². The first-order valence-corrected chi connectivity index (χ1v) is 5.39. The summed E-state index contributed by atoms with van der Waals surface area (Å²) >= 11 is 0. The molecule has 92 valence electrons. The smallest absolute Gasteiger partial charge is 0.0946 e. The molecule has 0 spiro atoms. The molecule has 0 unspecified atom stereocenters. The van der Waals surface area contributed by atoms with Gasteiger partial charge >= 0.3 is 0 Å². The number of azo groups is 1. The van der Waals surface area contributed by atoms with Crippen molar-refractivity contribution in [2.75, 3.05) is 12.3 Å². The van der Waals surface area contributed by atoms with Gasteiger partial charge in [-0.05, 0) is 36.4 Å². The molecule has 0 saturated carbocycles. The second kappa shape index (κ2) is 5.90. The van der Waals surface area contributed by atoms with Crippen molar-refractivity contribution in [2.45, 2.75) is 0 Å². The predicted molar refractivity (Wildman–Crippen MR) is 68.3 cm³/mol. The van der Waals surface area contributed by atoms with Gasteiger partial charge < -0.3 is 0 Å². The number of hydrogen-bond acceptors (Lipinski definition) is 5. The molecule has 0 aliphatic heterocycles. The molecule has 0 aliphatic rings. The average molecular weight is 243 g/mol. The minimum Gasteiger partial charge on any atom is -0.264 e. The molecule has 0 bridgehead atoms. The lowest BCUT2D eigenvalue weighted by Gasteiger charge is -2.12. The lowest BCUT2D eigenvalue weighted by atomic mass is 10.3. The van der Waals surface area contributed by atoms with Crippen LogP contribution in [0, 0.1) is 0 Å². The number of hydrogen-bond donors (Lipinski definition) is 1. The van der Waals surface area contributed by atoms with Gasteiger partial charge in [-0.25, -0.2) is 0 Å². The van der Waals surface area contributed by atoms with Crippen molar-refractivity contribution in [3.63, 3.8) is 0 Å². The maximum Gasteiger partial charge on any atom is 0.0946 e. The van der Waals surface area contributed by atoms with Crippen molar-refractivity contribution in [2.24, 2.45) is 10.2 Å².